The summed E-state index contributed by atoms with van der Waals surface area (Å²) >= 11 is 6.11. The minimum atomic E-state index is -0.671. The van der Waals surface area contributed by atoms with E-state index in [1.54, 1.807) is 30.3 Å². The fourth-order valence-corrected chi connectivity index (χ4v) is 2.72. The van der Waals surface area contributed by atoms with Crippen LogP contribution in [0.15, 0.2) is 48.5 Å². The van der Waals surface area contributed by atoms with Gasteiger partial charge in [-0.1, -0.05) is 55.8 Å². The van der Waals surface area contributed by atoms with Crippen molar-refractivity contribution < 1.29 is 14.3 Å². The van der Waals surface area contributed by atoms with Crippen molar-refractivity contribution in [3.05, 3.63) is 64.7 Å². The quantitative estimate of drug-likeness (QED) is 0.780. The van der Waals surface area contributed by atoms with Gasteiger partial charge in [0.05, 0.1) is 12.7 Å². The molecule has 2 aromatic carbocycles. The number of ether oxygens (including phenoxy) is 1. The van der Waals surface area contributed by atoms with E-state index in [0.717, 1.165) is 5.56 Å². The molecule has 0 saturated carbocycles. The minimum Gasteiger partial charge on any atom is -0.496 e. The fraction of sp³-hybridized carbons (Fsp3) is 0.300. The lowest BCUT2D eigenvalue weighted by Gasteiger charge is -2.22. The van der Waals surface area contributed by atoms with Gasteiger partial charge in [0.1, 0.15) is 11.8 Å². The molecule has 26 heavy (non-hydrogen) atoms. The van der Waals surface area contributed by atoms with Gasteiger partial charge in [-0.2, -0.15) is 0 Å². The molecule has 0 bridgehead atoms. The molecule has 1 atom stereocenters. The summed E-state index contributed by atoms with van der Waals surface area (Å²) in [6, 6.07) is 13.5. The smallest absolute Gasteiger partial charge is 0.255 e. The van der Waals surface area contributed by atoms with Crippen LogP contribution in [0.4, 0.5) is 0 Å². The lowest BCUT2D eigenvalue weighted by Crippen LogP contribution is -2.49. The standard InChI is InChI=1S/C20H23ClN2O3/c1-13(2)18(20(25)22-12-14-8-4-6-10-16(14)21)23-19(24)15-9-5-7-11-17(15)26-3/h4-11,13,18H,12H2,1-3H3,(H,22,25)(H,23,24)/t18-/m0/s1. The lowest BCUT2D eigenvalue weighted by molar-refractivity contribution is -0.124. The number of para-hydroxylation sites is 1. The molecule has 6 heteroatoms. The van der Waals surface area contributed by atoms with Gasteiger partial charge in [0.25, 0.3) is 5.91 Å². The summed E-state index contributed by atoms with van der Waals surface area (Å²) in [5, 5.41) is 6.22. The van der Waals surface area contributed by atoms with Crippen molar-refractivity contribution in [3.8, 4) is 5.75 Å². The maximum absolute atomic E-state index is 12.6. The van der Waals surface area contributed by atoms with Crippen molar-refractivity contribution in [3.63, 3.8) is 0 Å². The zero-order chi connectivity index (χ0) is 19.1. The second kappa shape index (κ2) is 9.25. The third kappa shape index (κ3) is 4.99. The zero-order valence-corrected chi connectivity index (χ0v) is 15.8. The van der Waals surface area contributed by atoms with Gasteiger partial charge in [-0.15, -0.1) is 0 Å². The number of carbonyl (C=O) groups excluding carboxylic acids is 2. The van der Waals surface area contributed by atoms with E-state index in [-0.39, 0.29) is 17.7 Å². The molecule has 0 heterocycles. The van der Waals surface area contributed by atoms with Gasteiger partial charge in [-0.25, -0.2) is 0 Å². The number of hydrogen-bond acceptors (Lipinski definition) is 3. The molecule has 0 saturated heterocycles. The Balaban J connectivity index is 2.07. The van der Waals surface area contributed by atoms with Gasteiger partial charge >= 0.3 is 0 Å². The maximum atomic E-state index is 12.6. The van der Waals surface area contributed by atoms with Gasteiger partial charge in [0.15, 0.2) is 0 Å². The van der Waals surface area contributed by atoms with Crippen molar-refractivity contribution in [2.24, 2.45) is 5.92 Å². The number of carbonyl (C=O) groups is 2. The Morgan fingerprint density at radius 2 is 1.73 bits per heavy atom. The molecular formula is C20H23ClN2O3. The maximum Gasteiger partial charge on any atom is 0.255 e. The summed E-state index contributed by atoms with van der Waals surface area (Å²) in [4.78, 5) is 25.2. The van der Waals surface area contributed by atoms with Crippen LogP contribution in [0.2, 0.25) is 5.02 Å². The van der Waals surface area contributed by atoms with Gasteiger partial charge in [-0.05, 0) is 29.7 Å². The average molecular weight is 375 g/mol. The van der Waals surface area contributed by atoms with Gasteiger partial charge in [0.2, 0.25) is 5.91 Å². The first kappa shape index (κ1) is 19.8. The van der Waals surface area contributed by atoms with Gasteiger partial charge in [0, 0.05) is 11.6 Å². The highest BCUT2D eigenvalue weighted by Gasteiger charge is 2.25. The Labute approximate surface area is 158 Å². The van der Waals surface area contributed by atoms with Crippen LogP contribution < -0.4 is 15.4 Å². The molecule has 0 spiro atoms. The number of benzene rings is 2. The van der Waals surface area contributed by atoms with E-state index in [0.29, 0.717) is 22.9 Å². The van der Waals surface area contributed by atoms with Crippen molar-refractivity contribution in [1.82, 2.24) is 10.6 Å². The summed E-state index contributed by atoms with van der Waals surface area (Å²) in [6.45, 7) is 4.05. The van der Waals surface area contributed by atoms with E-state index in [2.05, 4.69) is 10.6 Å². The summed E-state index contributed by atoms with van der Waals surface area (Å²) in [7, 11) is 1.50. The van der Waals surface area contributed by atoms with Crippen LogP contribution >= 0.6 is 11.6 Å². The minimum absolute atomic E-state index is 0.0834. The van der Waals surface area contributed by atoms with Gasteiger partial charge in [-0.3, -0.25) is 9.59 Å². The third-order valence-corrected chi connectivity index (χ3v) is 4.37. The highest BCUT2D eigenvalue weighted by molar-refractivity contribution is 6.31. The average Bonchev–Trinajstić information content (AvgIpc) is 2.64. The van der Waals surface area contributed by atoms with Crippen LogP contribution in [-0.4, -0.2) is 25.0 Å². The van der Waals surface area contributed by atoms with E-state index in [9.17, 15) is 9.59 Å². The largest absolute Gasteiger partial charge is 0.496 e. The number of methoxy groups -OCH3 is 1. The Hall–Kier alpha value is -2.53. The van der Waals surface area contributed by atoms with E-state index >= 15 is 0 Å². The number of hydrogen-bond donors (Lipinski definition) is 2. The summed E-state index contributed by atoms with van der Waals surface area (Å²) < 4.78 is 5.21. The monoisotopic (exact) mass is 374 g/mol. The SMILES string of the molecule is COc1ccccc1C(=O)N[C@H](C(=O)NCc1ccccc1Cl)C(C)C. The summed E-state index contributed by atoms with van der Waals surface area (Å²) in [5.74, 6) is -0.235. The van der Waals surface area contributed by atoms with Crippen molar-refractivity contribution in [1.29, 1.82) is 0 Å². The van der Waals surface area contributed by atoms with Crippen LogP contribution in [0.1, 0.15) is 29.8 Å². The molecule has 2 amide bonds. The van der Waals surface area contributed by atoms with Crippen LogP contribution in [0.5, 0.6) is 5.75 Å². The van der Waals surface area contributed by atoms with E-state index < -0.39 is 6.04 Å². The van der Waals surface area contributed by atoms with Crippen LogP contribution in [-0.2, 0) is 11.3 Å². The topological polar surface area (TPSA) is 67.4 Å². The van der Waals surface area contributed by atoms with Gasteiger partial charge < -0.3 is 15.4 Å². The molecule has 138 valence electrons. The van der Waals surface area contributed by atoms with E-state index in [1.165, 1.54) is 7.11 Å². The number of halogens is 1. The molecule has 5 nitrogen and oxygen atoms in total. The first-order chi connectivity index (χ1) is 12.4. The lowest BCUT2D eigenvalue weighted by atomic mass is 10.0. The van der Waals surface area contributed by atoms with Crippen molar-refractivity contribution in [2.45, 2.75) is 26.4 Å². The molecule has 0 aliphatic carbocycles. The molecule has 0 unspecified atom stereocenters. The molecule has 2 aromatic rings. The Morgan fingerprint density at radius 3 is 2.38 bits per heavy atom. The second-order valence-electron chi connectivity index (χ2n) is 6.20. The van der Waals surface area contributed by atoms with Crippen LogP contribution in [0.3, 0.4) is 0 Å². The number of amides is 2. The first-order valence-corrected chi connectivity index (χ1v) is 8.76. The summed E-state index contributed by atoms with van der Waals surface area (Å²) in [5.41, 5.74) is 1.21. The van der Waals surface area contributed by atoms with Crippen molar-refractivity contribution in [2.75, 3.05) is 7.11 Å². The Kier molecular flexibility index (Phi) is 7.04. The first-order valence-electron chi connectivity index (χ1n) is 8.39. The fourth-order valence-electron chi connectivity index (χ4n) is 2.52. The molecule has 0 radical (unpaired) electrons. The number of rotatable bonds is 7. The highest BCUT2D eigenvalue weighted by Crippen LogP contribution is 2.18. The molecule has 0 fully saturated rings. The molecule has 2 N–H and O–H groups in total. The van der Waals surface area contributed by atoms with Crippen LogP contribution in [0, 0.1) is 5.92 Å². The van der Waals surface area contributed by atoms with E-state index in [1.807, 2.05) is 32.0 Å². The van der Waals surface area contributed by atoms with E-state index in [4.69, 9.17) is 16.3 Å². The predicted octanol–water partition coefficient (Wildman–Crippen LogP) is 3.42. The highest BCUT2D eigenvalue weighted by atomic mass is 35.5. The zero-order valence-electron chi connectivity index (χ0n) is 15.1. The predicted molar refractivity (Wildman–Crippen MR) is 102 cm³/mol. The normalized spacial score (nSPS) is 11.7. The van der Waals surface area contributed by atoms with Crippen LogP contribution in [0.25, 0.3) is 0 Å². The third-order valence-electron chi connectivity index (χ3n) is 4.00. The molecule has 2 rings (SSSR count). The second-order valence-corrected chi connectivity index (χ2v) is 6.61. The van der Waals surface area contributed by atoms with Crippen molar-refractivity contribution >= 4 is 23.4 Å². The summed E-state index contributed by atoms with van der Waals surface area (Å²) in [6.07, 6.45) is 0. The number of nitrogens with one attached hydrogen (secondary N) is 2. The molecular weight excluding hydrogens is 352 g/mol. The molecule has 0 aliphatic rings. The Morgan fingerprint density at radius 1 is 1.08 bits per heavy atom. The molecule has 0 aliphatic heterocycles. The Bertz CT molecular complexity index is 777. The molecule has 0 aromatic heterocycles.